The van der Waals surface area contributed by atoms with Crippen LogP contribution in [0.4, 0.5) is 10.2 Å². The van der Waals surface area contributed by atoms with Gasteiger partial charge in [0.2, 0.25) is 0 Å². The molecular formula is C28H40FN5O. The molecule has 0 unspecified atom stereocenters. The van der Waals surface area contributed by atoms with Crippen LogP contribution in [0.2, 0.25) is 0 Å². The molecule has 0 amide bonds. The number of likely N-dealkylation sites (N-methyl/N-ethyl adjacent to an activating group) is 1. The van der Waals surface area contributed by atoms with Gasteiger partial charge in [-0.1, -0.05) is 26.3 Å². The summed E-state index contributed by atoms with van der Waals surface area (Å²) < 4.78 is 22.2. The second-order valence-corrected chi connectivity index (χ2v) is 9.82. The number of hydrogen-bond acceptors (Lipinski definition) is 5. The Hall–Kier alpha value is -2.64. The second kappa shape index (κ2) is 11.4. The van der Waals surface area contributed by atoms with Gasteiger partial charge in [0.05, 0.1) is 17.9 Å². The number of aryl methyl sites for hydroxylation is 2. The van der Waals surface area contributed by atoms with E-state index in [0.29, 0.717) is 6.04 Å². The standard InChI is InChI=1S/C28H40FN5O/c1-6-9-27-26(20-33(21(3)4)19-25-13-12-22(5)35-25)28(32-16-14-31(7-2)15-17-32)34(30-27)24-11-8-10-23(29)18-24/h8,10-13,18,21H,6-7,9,14-17,19-20H2,1-5H3. The van der Waals surface area contributed by atoms with Gasteiger partial charge in [-0.25, -0.2) is 9.07 Å². The van der Waals surface area contributed by atoms with Crippen molar-refractivity contribution in [3.63, 3.8) is 0 Å². The Labute approximate surface area is 209 Å². The molecule has 0 spiro atoms. The van der Waals surface area contributed by atoms with Gasteiger partial charge in [-0.2, -0.15) is 5.10 Å². The maximum atomic E-state index is 14.3. The fourth-order valence-electron chi connectivity index (χ4n) is 4.87. The predicted octanol–water partition coefficient (Wildman–Crippen LogP) is 5.42. The van der Waals surface area contributed by atoms with Crippen molar-refractivity contribution in [1.29, 1.82) is 0 Å². The summed E-state index contributed by atoms with van der Waals surface area (Å²) in [5.74, 6) is 2.78. The van der Waals surface area contributed by atoms with Crippen LogP contribution >= 0.6 is 0 Å². The molecule has 3 aromatic rings. The molecule has 6 nitrogen and oxygen atoms in total. The molecule has 0 bridgehead atoms. The number of aromatic nitrogens is 2. The van der Waals surface area contributed by atoms with E-state index >= 15 is 0 Å². The van der Waals surface area contributed by atoms with Crippen molar-refractivity contribution in [3.05, 3.63) is 65.0 Å². The monoisotopic (exact) mass is 481 g/mol. The van der Waals surface area contributed by atoms with Gasteiger partial charge in [-0.15, -0.1) is 0 Å². The smallest absolute Gasteiger partial charge is 0.137 e. The third kappa shape index (κ3) is 5.96. The number of piperazine rings is 1. The highest BCUT2D eigenvalue weighted by atomic mass is 19.1. The first kappa shape index (κ1) is 25.5. The van der Waals surface area contributed by atoms with Crippen molar-refractivity contribution in [3.8, 4) is 5.69 Å². The molecule has 7 heteroatoms. The molecule has 4 rings (SSSR count). The van der Waals surface area contributed by atoms with Crippen molar-refractivity contribution in [1.82, 2.24) is 19.6 Å². The van der Waals surface area contributed by atoms with Crippen LogP contribution < -0.4 is 4.90 Å². The van der Waals surface area contributed by atoms with E-state index in [1.165, 1.54) is 11.6 Å². The van der Waals surface area contributed by atoms with E-state index in [4.69, 9.17) is 9.52 Å². The number of rotatable bonds is 10. The van der Waals surface area contributed by atoms with Gasteiger partial charge in [-0.3, -0.25) is 4.90 Å². The van der Waals surface area contributed by atoms with Crippen LogP contribution in [0, 0.1) is 12.7 Å². The third-order valence-corrected chi connectivity index (χ3v) is 6.94. The molecule has 3 heterocycles. The van der Waals surface area contributed by atoms with Crippen LogP contribution in [0.5, 0.6) is 0 Å². The summed E-state index contributed by atoms with van der Waals surface area (Å²) in [5.41, 5.74) is 3.13. The van der Waals surface area contributed by atoms with Crippen LogP contribution in [-0.2, 0) is 19.5 Å². The van der Waals surface area contributed by atoms with E-state index in [1.54, 1.807) is 12.1 Å². The van der Waals surface area contributed by atoms with E-state index in [0.717, 1.165) is 87.4 Å². The molecule has 35 heavy (non-hydrogen) atoms. The van der Waals surface area contributed by atoms with Gasteiger partial charge in [0.25, 0.3) is 0 Å². The Balaban J connectivity index is 1.77. The lowest BCUT2D eigenvalue weighted by molar-refractivity contribution is 0.186. The Morgan fingerprint density at radius 1 is 1.06 bits per heavy atom. The molecular weight excluding hydrogens is 441 g/mol. The number of hydrogen-bond donors (Lipinski definition) is 0. The molecule has 2 aromatic heterocycles. The lowest BCUT2D eigenvalue weighted by atomic mass is 10.1. The zero-order valence-electron chi connectivity index (χ0n) is 21.9. The first-order valence-corrected chi connectivity index (χ1v) is 13.0. The second-order valence-electron chi connectivity index (χ2n) is 9.82. The summed E-state index contributed by atoms with van der Waals surface area (Å²) in [6.45, 7) is 17.3. The normalized spacial score (nSPS) is 15.0. The van der Waals surface area contributed by atoms with Gasteiger partial charge in [0.15, 0.2) is 0 Å². The number of halogens is 1. The minimum Gasteiger partial charge on any atom is -0.465 e. The number of nitrogens with zero attached hydrogens (tertiary/aromatic N) is 5. The Kier molecular flexibility index (Phi) is 8.29. The predicted molar refractivity (Wildman–Crippen MR) is 140 cm³/mol. The van der Waals surface area contributed by atoms with E-state index in [9.17, 15) is 4.39 Å². The number of furan rings is 1. The van der Waals surface area contributed by atoms with Crippen LogP contribution in [0.1, 0.15) is 56.9 Å². The lowest BCUT2D eigenvalue weighted by Gasteiger charge is -2.36. The molecule has 0 atom stereocenters. The SMILES string of the molecule is CCCc1nn(-c2cccc(F)c2)c(N2CCN(CC)CC2)c1CN(Cc1ccc(C)o1)C(C)C. The summed E-state index contributed by atoms with van der Waals surface area (Å²) in [4.78, 5) is 7.37. The maximum Gasteiger partial charge on any atom is 0.137 e. The molecule has 0 N–H and O–H groups in total. The Morgan fingerprint density at radius 2 is 1.83 bits per heavy atom. The maximum absolute atomic E-state index is 14.3. The largest absolute Gasteiger partial charge is 0.465 e. The minimum absolute atomic E-state index is 0.240. The summed E-state index contributed by atoms with van der Waals surface area (Å²) in [6.07, 6.45) is 1.90. The van der Waals surface area contributed by atoms with E-state index in [1.807, 2.05) is 23.7 Å². The van der Waals surface area contributed by atoms with Gasteiger partial charge < -0.3 is 14.2 Å². The highest BCUT2D eigenvalue weighted by molar-refractivity contribution is 5.56. The summed E-state index contributed by atoms with van der Waals surface area (Å²) in [6, 6.07) is 11.2. The average molecular weight is 482 g/mol. The molecule has 0 radical (unpaired) electrons. The molecule has 0 saturated carbocycles. The fourth-order valence-corrected chi connectivity index (χ4v) is 4.87. The van der Waals surface area contributed by atoms with E-state index in [-0.39, 0.29) is 5.82 Å². The van der Waals surface area contributed by atoms with E-state index < -0.39 is 0 Å². The lowest BCUT2D eigenvalue weighted by Crippen LogP contribution is -2.47. The Bertz CT molecular complexity index is 1100. The number of anilines is 1. The third-order valence-electron chi connectivity index (χ3n) is 6.94. The van der Waals surface area contributed by atoms with E-state index in [2.05, 4.69) is 48.5 Å². The molecule has 0 aliphatic carbocycles. The molecule has 1 aliphatic rings. The average Bonchev–Trinajstić information content (AvgIpc) is 3.42. The van der Waals surface area contributed by atoms with Gasteiger partial charge in [0, 0.05) is 44.3 Å². The van der Waals surface area contributed by atoms with Crippen LogP contribution in [-0.4, -0.2) is 58.3 Å². The highest BCUT2D eigenvalue weighted by Crippen LogP contribution is 2.32. The summed E-state index contributed by atoms with van der Waals surface area (Å²) >= 11 is 0. The molecule has 1 fully saturated rings. The highest BCUT2D eigenvalue weighted by Gasteiger charge is 2.28. The van der Waals surface area contributed by atoms with Gasteiger partial charge >= 0.3 is 0 Å². The molecule has 1 aliphatic heterocycles. The zero-order valence-corrected chi connectivity index (χ0v) is 21.9. The van der Waals surface area contributed by atoms with Crippen molar-refractivity contribution in [2.24, 2.45) is 0 Å². The van der Waals surface area contributed by atoms with Crippen molar-refractivity contribution in [2.75, 3.05) is 37.6 Å². The zero-order chi connectivity index (χ0) is 24.9. The van der Waals surface area contributed by atoms with Crippen LogP contribution in [0.3, 0.4) is 0 Å². The van der Waals surface area contributed by atoms with Gasteiger partial charge in [-0.05, 0) is 64.1 Å². The molecule has 1 saturated heterocycles. The van der Waals surface area contributed by atoms with Crippen LogP contribution in [0.15, 0.2) is 40.8 Å². The van der Waals surface area contributed by atoms with Crippen LogP contribution in [0.25, 0.3) is 5.69 Å². The van der Waals surface area contributed by atoms with Gasteiger partial charge in [0.1, 0.15) is 23.2 Å². The van der Waals surface area contributed by atoms with Crippen molar-refractivity contribution in [2.45, 2.75) is 66.6 Å². The topological polar surface area (TPSA) is 40.7 Å². The first-order chi connectivity index (χ1) is 16.9. The number of benzene rings is 1. The molecule has 1 aromatic carbocycles. The van der Waals surface area contributed by atoms with Crippen molar-refractivity contribution >= 4 is 5.82 Å². The summed E-state index contributed by atoms with van der Waals surface area (Å²) in [7, 11) is 0. The fraction of sp³-hybridized carbons (Fsp3) is 0.536. The molecule has 190 valence electrons. The minimum atomic E-state index is -0.240. The first-order valence-electron chi connectivity index (χ1n) is 13.0. The Morgan fingerprint density at radius 3 is 2.43 bits per heavy atom. The summed E-state index contributed by atoms with van der Waals surface area (Å²) in [5, 5.41) is 5.09. The quantitative estimate of drug-likeness (QED) is 0.387. The van der Waals surface area contributed by atoms with Crippen molar-refractivity contribution < 1.29 is 8.81 Å².